The lowest BCUT2D eigenvalue weighted by Gasteiger charge is -2.34. The van der Waals surface area contributed by atoms with E-state index in [4.69, 9.17) is 9.47 Å². The van der Waals surface area contributed by atoms with Crippen LogP contribution in [0.2, 0.25) is 0 Å². The molecule has 14 heteroatoms. The van der Waals surface area contributed by atoms with Crippen LogP contribution in [-0.2, 0) is 40.6 Å². The number of esters is 1. The summed E-state index contributed by atoms with van der Waals surface area (Å²) in [6.45, 7) is 4.88. The normalized spacial score (nSPS) is 17.4. The van der Waals surface area contributed by atoms with Crippen molar-refractivity contribution >= 4 is 37.8 Å². The minimum absolute atomic E-state index is 0.0502. The summed E-state index contributed by atoms with van der Waals surface area (Å²) in [4.78, 5) is 40.2. The number of aryl methyl sites for hydroxylation is 1. The predicted octanol–water partition coefficient (Wildman–Crippen LogP) is 1.52. The number of hydrogen-bond acceptors (Lipinski definition) is 10. The van der Waals surface area contributed by atoms with E-state index in [2.05, 4.69) is 5.32 Å². The third kappa shape index (κ3) is 8.27. The molecule has 0 saturated carbocycles. The van der Waals surface area contributed by atoms with Crippen LogP contribution in [-0.4, -0.2) is 94.3 Å². The van der Waals surface area contributed by atoms with Crippen LogP contribution in [0.1, 0.15) is 25.0 Å². The van der Waals surface area contributed by atoms with Gasteiger partial charge >= 0.3 is 12.1 Å². The Morgan fingerprint density at radius 1 is 1.02 bits per heavy atom. The van der Waals surface area contributed by atoms with Gasteiger partial charge in [0.1, 0.15) is 17.8 Å². The second-order valence-electron chi connectivity index (χ2n) is 10.2. The first-order valence-corrected chi connectivity index (χ1v) is 16.1. The molecule has 0 bridgehead atoms. The van der Waals surface area contributed by atoms with Crippen molar-refractivity contribution in [1.29, 1.82) is 0 Å². The van der Waals surface area contributed by atoms with Crippen molar-refractivity contribution < 1.29 is 40.7 Å². The number of rotatable bonds is 9. The first-order valence-electron chi connectivity index (χ1n) is 12.9. The highest BCUT2D eigenvalue weighted by Crippen LogP contribution is 2.25. The van der Waals surface area contributed by atoms with Crippen LogP contribution in [0.4, 0.5) is 4.79 Å². The molecule has 2 atom stereocenters. The summed E-state index contributed by atoms with van der Waals surface area (Å²) in [5, 5.41) is 2.78. The van der Waals surface area contributed by atoms with Crippen molar-refractivity contribution in [2.45, 2.75) is 50.3 Å². The van der Waals surface area contributed by atoms with E-state index in [1.54, 1.807) is 32.9 Å². The van der Waals surface area contributed by atoms with Crippen molar-refractivity contribution in [3.05, 3.63) is 59.7 Å². The molecule has 0 aliphatic carbocycles. The first-order chi connectivity index (χ1) is 19.1. The fourth-order valence-electron chi connectivity index (χ4n) is 4.04. The monoisotopic (exact) mass is 609 g/mol. The molecule has 0 aromatic heterocycles. The van der Waals surface area contributed by atoms with Gasteiger partial charge in [-0.1, -0.05) is 29.8 Å². The summed E-state index contributed by atoms with van der Waals surface area (Å²) in [6, 6.07) is 8.66. The Bertz CT molecular complexity index is 1470. The van der Waals surface area contributed by atoms with Crippen molar-refractivity contribution in [1.82, 2.24) is 14.5 Å². The molecular formula is C27H35N3O9S2. The molecule has 3 rings (SSSR count). The van der Waals surface area contributed by atoms with Crippen LogP contribution in [0.5, 0.6) is 5.75 Å². The molecule has 1 saturated heterocycles. The number of ether oxygens (including phenoxy) is 2. The van der Waals surface area contributed by atoms with Crippen LogP contribution in [0, 0.1) is 6.92 Å². The highest BCUT2D eigenvalue weighted by atomic mass is 32.2. The Kier molecular flexibility index (Phi) is 10.2. The standard InChI is InChI=1S/C27H35N3O9S2/c1-18(2)38-26(32)24(16-20-8-10-21(11-9-20)39-27(33)29(4)5)30(25(31)23-17-40(34,35)15-14-28-23)41(36,37)22-12-6-19(3)7-13-22/h6-13,18,23-24,28H,14-17H2,1-5H3/t23?,24-/m0/s1. The summed E-state index contributed by atoms with van der Waals surface area (Å²) in [7, 11) is -5.26. The molecule has 1 heterocycles. The van der Waals surface area contributed by atoms with Crippen molar-refractivity contribution in [3.63, 3.8) is 0 Å². The number of sulfonamides is 1. The van der Waals surface area contributed by atoms with Gasteiger partial charge in [-0.3, -0.25) is 4.79 Å². The maximum absolute atomic E-state index is 14.0. The maximum Gasteiger partial charge on any atom is 0.414 e. The van der Waals surface area contributed by atoms with E-state index in [1.807, 2.05) is 0 Å². The van der Waals surface area contributed by atoms with Crippen molar-refractivity contribution in [3.8, 4) is 5.75 Å². The molecule has 1 N–H and O–H groups in total. The second-order valence-corrected chi connectivity index (χ2v) is 14.2. The predicted molar refractivity (Wildman–Crippen MR) is 151 cm³/mol. The molecule has 1 aliphatic heterocycles. The molecule has 1 unspecified atom stereocenters. The lowest BCUT2D eigenvalue weighted by atomic mass is 10.0. The number of carbonyl (C=O) groups is 3. The minimum Gasteiger partial charge on any atom is -0.461 e. The van der Waals surface area contributed by atoms with E-state index in [0.29, 0.717) is 9.87 Å². The zero-order chi connectivity index (χ0) is 30.5. The average molecular weight is 610 g/mol. The topological polar surface area (TPSA) is 156 Å². The van der Waals surface area contributed by atoms with Crippen LogP contribution in [0.15, 0.2) is 53.4 Å². The molecule has 1 fully saturated rings. The number of nitrogens with one attached hydrogen (secondary N) is 1. The lowest BCUT2D eigenvalue weighted by Crippen LogP contribution is -2.60. The van der Waals surface area contributed by atoms with Crippen LogP contribution in [0.25, 0.3) is 0 Å². The van der Waals surface area contributed by atoms with E-state index < -0.39 is 61.8 Å². The highest BCUT2D eigenvalue weighted by Gasteiger charge is 2.45. The zero-order valence-corrected chi connectivity index (χ0v) is 25.2. The fraction of sp³-hybridized carbons (Fsp3) is 0.444. The summed E-state index contributed by atoms with van der Waals surface area (Å²) in [5.41, 5.74) is 1.20. The largest absolute Gasteiger partial charge is 0.461 e. The summed E-state index contributed by atoms with van der Waals surface area (Å²) in [5.74, 6) is -2.68. The van der Waals surface area contributed by atoms with Gasteiger partial charge in [-0.25, -0.2) is 30.7 Å². The molecule has 0 spiro atoms. The molecule has 2 aromatic carbocycles. The van der Waals surface area contributed by atoms with Gasteiger partial charge in [-0.2, -0.15) is 0 Å². The number of hydrogen-bond donors (Lipinski definition) is 1. The number of carbonyl (C=O) groups excluding carboxylic acids is 3. The smallest absolute Gasteiger partial charge is 0.414 e. The summed E-state index contributed by atoms with van der Waals surface area (Å²) in [6.07, 6.45) is -1.53. The van der Waals surface area contributed by atoms with E-state index in [9.17, 15) is 31.2 Å². The zero-order valence-electron chi connectivity index (χ0n) is 23.6. The number of sulfone groups is 1. The SMILES string of the molecule is Cc1ccc(S(=O)(=O)N(C(=O)C2CS(=O)(=O)CCN2)[C@@H](Cc2ccc(OC(=O)N(C)C)cc2)C(=O)OC(C)C)cc1. The Balaban J connectivity index is 2.09. The molecule has 41 heavy (non-hydrogen) atoms. The molecule has 1 aliphatic rings. The molecule has 0 radical (unpaired) electrons. The Morgan fingerprint density at radius 2 is 1.63 bits per heavy atom. The van der Waals surface area contributed by atoms with Gasteiger partial charge in [0.05, 0.1) is 22.5 Å². The van der Waals surface area contributed by atoms with Gasteiger partial charge in [-0.15, -0.1) is 0 Å². The molecule has 224 valence electrons. The van der Waals surface area contributed by atoms with Crippen LogP contribution in [0.3, 0.4) is 0 Å². The van der Waals surface area contributed by atoms with Gasteiger partial charge in [0, 0.05) is 27.1 Å². The third-order valence-corrected chi connectivity index (χ3v) is 9.63. The number of benzene rings is 2. The van der Waals surface area contributed by atoms with Gasteiger partial charge in [0.2, 0.25) is 0 Å². The van der Waals surface area contributed by atoms with Crippen molar-refractivity contribution in [2.75, 3.05) is 32.1 Å². The first kappa shape index (κ1) is 32.0. The van der Waals surface area contributed by atoms with E-state index >= 15 is 0 Å². The van der Waals surface area contributed by atoms with Gasteiger partial charge in [0.15, 0.2) is 9.84 Å². The number of nitrogens with zero attached hydrogens (tertiary/aromatic N) is 2. The summed E-state index contributed by atoms with van der Waals surface area (Å²) < 4.78 is 63.7. The quantitative estimate of drug-likeness (QED) is 0.414. The van der Waals surface area contributed by atoms with Crippen LogP contribution >= 0.6 is 0 Å². The fourth-order valence-corrected chi connectivity index (χ4v) is 6.97. The van der Waals surface area contributed by atoms with Crippen molar-refractivity contribution in [2.24, 2.45) is 0 Å². The molecule has 2 aromatic rings. The number of amides is 2. The lowest BCUT2D eigenvalue weighted by molar-refractivity contribution is -0.155. The van der Waals surface area contributed by atoms with Gasteiger partial charge in [-0.05, 0) is 50.6 Å². The Labute approximate surface area is 240 Å². The third-order valence-electron chi connectivity index (χ3n) is 6.15. The maximum atomic E-state index is 14.0. The Morgan fingerprint density at radius 3 is 2.17 bits per heavy atom. The van der Waals surface area contributed by atoms with Gasteiger partial charge in [0.25, 0.3) is 15.9 Å². The van der Waals surface area contributed by atoms with E-state index in [-0.39, 0.29) is 29.4 Å². The van der Waals surface area contributed by atoms with E-state index in [0.717, 1.165) is 5.56 Å². The van der Waals surface area contributed by atoms with Gasteiger partial charge < -0.3 is 19.7 Å². The minimum atomic E-state index is -4.66. The molecular weight excluding hydrogens is 574 g/mol. The summed E-state index contributed by atoms with van der Waals surface area (Å²) >= 11 is 0. The van der Waals surface area contributed by atoms with Crippen LogP contribution < -0.4 is 10.1 Å². The Hall–Kier alpha value is -3.49. The second kappa shape index (κ2) is 13.0. The molecule has 2 amide bonds. The van der Waals surface area contributed by atoms with E-state index in [1.165, 1.54) is 55.4 Å². The highest BCUT2D eigenvalue weighted by molar-refractivity contribution is 7.91. The average Bonchev–Trinajstić information content (AvgIpc) is 2.88. The molecule has 12 nitrogen and oxygen atoms in total.